The van der Waals surface area contributed by atoms with Gasteiger partial charge in [-0.25, -0.2) is 4.98 Å². The van der Waals surface area contributed by atoms with E-state index < -0.39 is 0 Å². The van der Waals surface area contributed by atoms with E-state index >= 15 is 0 Å². The van der Waals surface area contributed by atoms with Gasteiger partial charge in [-0.05, 0) is 44.9 Å². The second-order valence-corrected chi connectivity index (χ2v) is 5.74. The summed E-state index contributed by atoms with van der Waals surface area (Å²) in [6.45, 7) is 8.69. The highest BCUT2D eigenvalue weighted by molar-refractivity contribution is 5.77. The quantitative estimate of drug-likeness (QED) is 0.891. The lowest BCUT2D eigenvalue weighted by Gasteiger charge is -2.15. The molecule has 0 fully saturated rings. The highest BCUT2D eigenvalue weighted by Crippen LogP contribution is 2.23. The molecule has 0 radical (unpaired) electrons. The number of aromatic nitrogens is 2. The van der Waals surface area contributed by atoms with Crippen LogP contribution < -0.4 is 5.73 Å². The summed E-state index contributed by atoms with van der Waals surface area (Å²) in [5, 5.41) is 0. The van der Waals surface area contributed by atoms with E-state index in [1.807, 2.05) is 0 Å². The maximum absolute atomic E-state index is 6.18. The fourth-order valence-corrected chi connectivity index (χ4v) is 2.69. The number of hydrogen-bond donors (Lipinski definition) is 1. The third kappa shape index (κ3) is 2.98. The Kier molecular flexibility index (Phi) is 4.25. The Hall–Kier alpha value is -1.35. The van der Waals surface area contributed by atoms with Crippen molar-refractivity contribution in [3.05, 3.63) is 29.6 Å². The number of imidazole rings is 1. The van der Waals surface area contributed by atoms with Crippen LogP contribution in [0.4, 0.5) is 0 Å². The molecule has 104 valence electrons. The lowest BCUT2D eigenvalue weighted by molar-refractivity contribution is 0.533. The summed E-state index contributed by atoms with van der Waals surface area (Å²) in [4.78, 5) is 4.80. The molecular formula is C16H25N3. The first-order chi connectivity index (χ1) is 9.02. The SMILES string of the molecule is CCCC(N)Cc1nc2cc(C)ccc2n1C(C)C. The number of rotatable bonds is 5. The van der Waals surface area contributed by atoms with Gasteiger partial charge >= 0.3 is 0 Å². The Labute approximate surface area is 115 Å². The number of benzene rings is 1. The lowest BCUT2D eigenvalue weighted by atomic mass is 10.1. The van der Waals surface area contributed by atoms with Crippen LogP contribution >= 0.6 is 0 Å². The average Bonchev–Trinajstić information content (AvgIpc) is 2.65. The fraction of sp³-hybridized carbons (Fsp3) is 0.562. The van der Waals surface area contributed by atoms with E-state index in [-0.39, 0.29) is 6.04 Å². The van der Waals surface area contributed by atoms with Gasteiger partial charge in [-0.15, -0.1) is 0 Å². The summed E-state index contributed by atoms with van der Waals surface area (Å²) in [6, 6.07) is 7.10. The maximum Gasteiger partial charge on any atom is 0.111 e. The van der Waals surface area contributed by atoms with E-state index in [4.69, 9.17) is 10.7 Å². The van der Waals surface area contributed by atoms with Crippen LogP contribution in [0.1, 0.15) is 51.0 Å². The minimum Gasteiger partial charge on any atom is -0.327 e. The fourth-order valence-electron chi connectivity index (χ4n) is 2.69. The van der Waals surface area contributed by atoms with Crippen molar-refractivity contribution in [2.45, 2.75) is 59.0 Å². The minimum atomic E-state index is 0.209. The number of hydrogen-bond acceptors (Lipinski definition) is 2. The first kappa shape index (κ1) is 14.1. The molecule has 3 heteroatoms. The van der Waals surface area contributed by atoms with Gasteiger partial charge in [0, 0.05) is 18.5 Å². The van der Waals surface area contributed by atoms with E-state index in [9.17, 15) is 0 Å². The molecule has 3 nitrogen and oxygen atoms in total. The van der Waals surface area contributed by atoms with Crippen LogP contribution in [-0.2, 0) is 6.42 Å². The molecule has 1 aromatic heterocycles. The minimum absolute atomic E-state index is 0.209. The van der Waals surface area contributed by atoms with Gasteiger partial charge in [0.2, 0.25) is 0 Å². The van der Waals surface area contributed by atoms with Crippen molar-refractivity contribution >= 4 is 11.0 Å². The molecule has 2 N–H and O–H groups in total. The van der Waals surface area contributed by atoms with Crippen molar-refractivity contribution in [2.24, 2.45) is 5.73 Å². The second kappa shape index (κ2) is 5.74. The van der Waals surface area contributed by atoms with E-state index in [2.05, 4.69) is 50.5 Å². The van der Waals surface area contributed by atoms with Gasteiger partial charge in [-0.2, -0.15) is 0 Å². The zero-order valence-electron chi connectivity index (χ0n) is 12.5. The normalized spacial score (nSPS) is 13.4. The van der Waals surface area contributed by atoms with Crippen LogP contribution in [0, 0.1) is 6.92 Å². The summed E-state index contributed by atoms with van der Waals surface area (Å²) in [5.41, 5.74) is 9.75. The molecule has 0 saturated heterocycles. The molecule has 0 saturated carbocycles. The molecule has 0 aliphatic carbocycles. The molecule has 1 unspecified atom stereocenters. The zero-order valence-corrected chi connectivity index (χ0v) is 12.5. The predicted molar refractivity (Wildman–Crippen MR) is 81.4 cm³/mol. The summed E-state index contributed by atoms with van der Waals surface area (Å²) >= 11 is 0. The molecule has 1 atom stereocenters. The molecule has 0 spiro atoms. The molecule has 2 aromatic rings. The van der Waals surface area contributed by atoms with Crippen LogP contribution in [0.2, 0.25) is 0 Å². The van der Waals surface area contributed by atoms with Crippen molar-refractivity contribution in [3.63, 3.8) is 0 Å². The largest absolute Gasteiger partial charge is 0.327 e. The first-order valence-electron chi connectivity index (χ1n) is 7.26. The first-order valence-corrected chi connectivity index (χ1v) is 7.26. The standard InChI is InChI=1S/C16H25N3/c1-5-6-13(17)10-16-18-14-9-12(4)7-8-15(14)19(16)11(2)3/h7-9,11,13H,5-6,10,17H2,1-4H3. The third-order valence-electron chi connectivity index (χ3n) is 3.54. The van der Waals surface area contributed by atoms with Gasteiger partial charge in [0.15, 0.2) is 0 Å². The highest BCUT2D eigenvalue weighted by atomic mass is 15.1. The summed E-state index contributed by atoms with van der Waals surface area (Å²) in [5.74, 6) is 1.12. The lowest BCUT2D eigenvalue weighted by Crippen LogP contribution is -2.24. The zero-order chi connectivity index (χ0) is 14.0. The maximum atomic E-state index is 6.18. The molecular weight excluding hydrogens is 234 g/mol. The monoisotopic (exact) mass is 259 g/mol. The van der Waals surface area contributed by atoms with Crippen molar-refractivity contribution in [1.29, 1.82) is 0 Å². The van der Waals surface area contributed by atoms with Gasteiger partial charge in [-0.3, -0.25) is 0 Å². The van der Waals surface area contributed by atoms with Gasteiger partial charge in [0.05, 0.1) is 11.0 Å². The Morgan fingerprint density at radius 2 is 2.05 bits per heavy atom. The molecule has 1 aromatic carbocycles. The number of nitrogens with zero attached hydrogens (tertiary/aromatic N) is 2. The summed E-state index contributed by atoms with van der Waals surface area (Å²) in [6.07, 6.45) is 3.04. The molecule has 2 rings (SSSR count). The van der Waals surface area contributed by atoms with Crippen LogP contribution in [0.25, 0.3) is 11.0 Å². The van der Waals surface area contributed by atoms with Crippen molar-refractivity contribution in [2.75, 3.05) is 0 Å². The molecule has 0 aliphatic heterocycles. The van der Waals surface area contributed by atoms with Gasteiger partial charge in [0.25, 0.3) is 0 Å². The van der Waals surface area contributed by atoms with E-state index in [0.29, 0.717) is 6.04 Å². The van der Waals surface area contributed by atoms with Gasteiger partial charge < -0.3 is 10.3 Å². The Balaban J connectivity index is 2.44. The average molecular weight is 259 g/mol. The van der Waals surface area contributed by atoms with Crippen LogP contribution in [-0.4, -0.2) is 15.6 Å². The summed E-state index contributed by atoms with van der Waals surface area (Å²) < 4.78 is 2.32. The van der Waals surface area contributed by atoms with Crippen molar-refractivity contribution < 1.29 is 0 Å². The topological polar surface area (TPSA) is 43.8 Å². The predicted octanol–water partition coefficient (Wildman–Crippen LogP) is 3.60. The Bertz CT molecular complexity index is 554. The van der Waals surface area contributed by atoms with Crippen LogP contribution in [0.15, 0.2) is 18.2 Å². The van der Waals surface area contributed by atoms with Crippen LogP contribution in [0.3, 0.4) is 0 Å². The summed E-state index contributed by atoms with van der Waals surface area (Å²) in [7, 11) is 0. The molecule has 0 aliphatic rings. The van der Waals surface area contributed by atoms with Crippen LogP contribution in [0.5, 0.6) is 0 Å². The molecule has 1 heterocycles. The van der Waals surface area contributed by atoms with Crippen molar-refractivity contribution in [3.8, 4) is 0 Å². The van der Waals surface area contributed by atoms with Gasteiger partial charge in [0.1, 0.15) is 5.82 Å². The smallest absolute Gasteiger partial charge is 0.111 e. The highest BCUT2D eigenvalue weighted by Gasteiger charge is 2.15. The van der Waals surface area contributed by atoms with Crippen molar-refractivity contribution in [1.82, 2.24) is 9.55 Å². The van der Waals surface area contributed by atoms with E-state index in [1.165, 1.54) is 11.1 Å². The molecule has 19 heavy (non-hydrogen) atoms. The van der Waals surface area contributed by atoms with E-state index in [1.54, 1.807) is 0 Å². The number of aryl methyl sites for hydroxylation is 1. The molecule has 0 bridgehead atoms. The Morgan fingerprint density at radius 3 is 2.68 bits per heavy atom. The number of fused-ring (bicyclic) bond motifs is 1. The Morgan fingerprint density at radius 1 is 1.32 bits per heavy atom. The number of nitrogens with two attached hydrogens (primary N) is 1. The van der Waals surface area contributed by atoms with E-state index in [0.717, 1.165) is 30.6 Å². The third-order valence-corrected chi connectivity index (χ3v) is 3.54. The van der Waals surface area contributed by atoms with Gasteiger partial charge in [-0.1, -0.05) is 19.4 Å². The second-order valence-electron chi connectivity index (χ2n) is 5.74. The molecule has 0 amide bonds.